The van der Waals surface area contributed by atoms with Crippen LogP contribution in [0.15, 0.2) is 36.1 Å². The molecule has 0 saturated heterocycles. The van der Waals surface area contributed by atoms with E-state index in [-0.39, 0.29) is 11.9 Å². The van der Waals surface area contributed by atoms with E-state index in [1.54, 1.807) is 12.4 Å². The van der Waals surface area contributed by atoms with Crippen molar-refractivity contribution in [3.05, 3.63) is 41.8 Å². The van der Waals surface area contributed by atoms with Crippen LogP contribution in [-0.4, -0.2) is 26.3 Å². The Balaban J connectivity index is 1.71. The van der Waals surface area contributed by atoms with Gasteiger partial charge in [-0.25, -0.2) is 4.98 Å². The van der Waals surface area contributed by atoms with Crippen molar-refractivity contribution in [2.24, 2.45) is 0 Å². The van der Waals surface area contributed by atoms with Gasteiger partial charge in [-0.05, 0) is 25.0 Å². The lowest BCUT2D eigenvalue weighted by Gasteiger charge is -2.22. The number of carbonyl (C=O) groups excluding carboxylic acids is 1. The Bertz CT molecular complexity index is 818. The molecule has 0 atom stereocenters. The number of imidazole rings is 1. The molecule has 1 fully saturated rings. The van der Waals surface area contributed by atoms with Gasteiger partial charge in [-0.15, -0.1) is 11.3 Å². The third-order valence-electron chi connectivity index (χ3n) is 4.35. The van der Waals surface area contributed by atoms with Crippen LogP contribution in [0.5, 0.6) is 0 Å². The average Bonchev–Trinajstić information content (AvgIpc) is 3.17. The van der Waals surface area contributed by atoms with E-state index in [1.165, 1.54) is 30.6 Å². The number of nitrogens with one attached hydrogen (secondary N) is 1. The van der Waals surface area contributed by atoms with Crippen LogP contribution in [0.3, 0.4) is 0 Å². The fourth-order valence-electron chi connectivity index (χ4n) is 3.22. The Morgan fingerprint density at radius 1 is 1.30 bits per heavy atom. The monoisotopic (exact) mass is 326 g/mol. The van der Waals surface area contributed by atoms with E-state index in [0.717, 1.165) is 29.1 Å². The molecule has 1 N–H and O–H groups in total. The van der Waals surface area contributed by atoms with Gasteiger partial charge in [0.15, 0.2) is 10.7 Å². The fourth-order valence-corrected chi connectivity index (χ4v) is 3.94. The SMILES string of the molecule is O=C(NC1CCCCC1)c1nc2sccn2c1-c1cccnc1. The molecule has 23 heavy (non-hydrogen) atoms. The maximum absolute atomic E-state index is 12.8. The molecule has 6 heteroatoms. The average molecular weight is 326 g/mol. The molecule has 3 aromatic rings. The Morgan fingerprint density at radius 3 is 2.96 bits per heavy atom. The minimum absolute atomic E-state index is 0.0772. The van der Waals surface area contributed by atoms with Crippen molar-refractivity contribution >= 4 is 22.2 Å². The van der Waals surface area contributed by atoms with E-state index in [4.69, 9.17) is 0 Å². The molecule has 5 nitrogen and oxygen atoms in total. The van der Waals surface area contributed by atoms with Crippen LogP contribution in [0, 0.1) is 0 Å². The molecule has 4 rings (SSSR count). The Kier molecular flexibility index (Phi) is 3.83. The molecule has 0 bridgehead atoms. The van der Waals surface area contributed by atoms with E-state index >= 15 is 0 Å². The lowest BCUT2D eigenvalue weighted by Crippen LogP contribution is -2.36. The predicted octanol–water partition coefficient (Wildman–Crippen LogP) is 3.52. The second kappa shape index (κ2) is 6.12. The Labute approximate surface area is 138 Å². The van der Waals surface area contributed by atoms with Crippen LogP contribution in [0.25, 0.3) is 16.2 Å². The maximum atomic E-state index is 12.8. The van der Waals surface area contributed by atoms with Crippen LogP contribution in [0.4, 0.5) is 0 Å². The number of hydrogen-bond acceptors (Lipinski definition) is 4. The fraction of sp³-hybridized carbons (Fsp3) is 0.353. The van der Waals surface area contributed by atoms with Crippen molar-refractivity contribution in [3.63, 3.8) is 0 Å². The number of nitrogens with zero attached hydrogens (tertiary/aromatic N) is 3. The first-order chi connectivity index (χ1) is 11.3. The highest BCUT2D eigenvalue weighted by molar-refractivity contribution is 7.15. The summed E-state index contributed by atoms with van der Waals surface area (Å²) < 4.78 is 1.97. The summed E-state index contributed by atoms with van der Waals surface area (Å²) in [5.41, 5.74) is 2.23. The van der Waals surface area contributed by atoms with Crippen molar-refractivity contribution in [1.29, 1.82) is 0 Å². The molecular weight excluding hydrogens is 308 g/mol. The topological polar surface area (TPSA) is 59.3 Å². The van der Waals surface area contributed by atoms with Crippen LogP contribution >= 0.6 is 11.3 Å². The highest BCUT2D eigenvalue weighted by Gasteiger charge is 2.24. The highest BCUT2D eigenvalue weighted by atomic mass is 32.1. The summed E-state index contributed by atoms with van der Waals surface area (Å²) in [6.45, 7) is 0. The number of hydrogen-bond donors (Lipinski definition) is 1. The highest BCUT2D eigenvalue weighted by Crippen LogP contribution is 2.27. The Morgan fingerprint density at radius 2 is 2.17 bits per heavy atom. The van der Waals surface area contributed by atoms with Crippen LogP contribution < -0.4 is 5.32 Å². The lowest BCUT2D eigenvalue weighted by atomic mass is 9.95. The molecule has 0 unspecified atom stereocenters. The molecule has 3 heterocycles. The normalized spacial score (nSPS) is 15.8. The summed E-state index contributed by atoms with van der Waals surface area (Å²) in [5, 5.41) is 5.14. The van der Waals surface area contributed by atoms with Crippen molar-refractivity contribution in [2.75, 3.05) is 0 Å². The predicted molar refractivity (Wildman–Crippen MR) is 90.6 cm³/mol. The number of pyridine rings is 1. The lowest BCUT2D eigenvalue weighted by molar-refractivity contribution is 0.0924. The van der Waals surface area contributed by atoms with Gasteiger partial charge >= 0.3 is 0 Å². The molecule has 118 valence electrons. The number of amides is 1. The van der Waals surface area contributed by atoms with Crippen molar-refractivity contribution in [3.8, 4) is 11.3 Å². The summed E-state index contributed by atoms with van der Waals surface area (Å²) in [5.74, 6) is -0.0772. The third kappa shape index (κ3) is 2.74. The molecule has 0 spiro atoms. The van der Waals surface area contributed by atoms with Gasteiger partial charge in [-0.3, -0.25) is 14.2 Å². The van der Waals surface area contributed by atoms with Crippen LogP contribution in [0.1, 0.15) is 42.6 Å². The first-order valence-electron chi connectivity index (χ1n) is 8.00. The molecule has 1 aliphatic rings. The van der Waals surface area contributed by atoms with Gasteiger partial charge in [0.1, 0.15) is 0 Å². The van der Waals surface area contributed by atoms with E-state index in [0.29, 0.717) is 5.69 Å². The second-order valence-electron chi connectivity index (χ2n) is 5.91. The van der Waals surface area contributed by atoms with Gasteiger partial charge in [0.25, 0.3) is 5.91 Å². The first-order valence-corrected chi connectivity index (χ1v) is 8.88. The quantitative estimate of drug-likeness (QED) is 0.801. The molecule has 3 aromatic heterocycles. The zero-order chi connectivity index (χ0) is 15.6. The van der Waals surface area contributed by atoms with Crippen LogP contribution in [-0.2, 0) is 0 Å². The molecule has 0 radical (unpaired) electrons. The van der Waals surface area contributed by atoms with E-state index in [1.807, 2.05) is 28.1 Å². The van der Waals surface area contributed by atoms with E-state index in [2.05, 4.69) is 15.3 Å². The zero-order valence-electron chi connectivity index (χ0n) is 12.7. The minimum atomic E-state index is -0.0772. The smallest absolute Gasteiger partial charge is 0.272 e. The second-order valence-corrected chi connectivity index (χ2v) is 6.79. The van der Waals surface area contributed by atoms with Gasteiger partial charge in [-0.2, -0.15) is 0 Å². The first kappa shape index (κ1) is 14.4. The zero-order valence-corrected chi connectivity index (χ0v) is 13.6. The summed E-state index contributed by atoms with van der Waals surface area (Å²) in [7, 11) is 0. The molecule has 0 aliphatic heterocycles. The van der Waals surface area contributed by atoms with E-state index in [9.17, 15) is 4.79 Å². The maximum Gasteiger partial charge on any atom is 0.272 e. The molecule has 0 aromatic carbocycles. The van der Waals surface area contributed by atoms with Gasteiger partial charge in [0.05, 0.1) is 5.69 Å². The summed E-state index contributed by atoms with van der Waals surface area (Å²) in [6.07, 6.45) is 11.2. The molecule has 1 amide bonds. The number of aromatic nitrogens is 3. The van der Waals surface area contributed by atoms with Crippen molar-refractivity contribution < 1.29 is 4.79 Å². The largest absolute Gasteiger partial charge is 0.348 e. The standard InChI is InChI=1S/C17H18N4OS/c22-16(19-13-6-2-1-3-7-13)14-15(12-5-4-8-18-11-12)21-9-10-23-17(21)20-14/h4-5,8-11,13H,1-3,6-7H2,(H,19,22). The number of thiazole rings is 1. The van der Waals surface area contributed by atoms with Crippen LogP contribution in [0.2, 0.25) is 0 Å². The molecule has 1 aliphatic carbocycles. The van der Waals surface area contributed by atoms with E-state index < -0.39 is 0 Å². The summed E-state index contributed by atoms with van der Waals surface area (Å²) >= 11 is 1.53. The van der Waals surface area contributed by atoms with Gasteiger partial charge in [0.2, 0.25) is 0 Å². The minimum Gasteiger partial charge on any atom is -0.348 e. The van der Waals surface area contributed by atoms with Crippen molar-refractivity contribution in [2.45, 2.75) is 38.1 Å². The molecular formula is C17H18N4OS. The number of carbonyl (C=O) groups is 1. The van der Waals surface area contributed by atoms with Gasteiger partial charge < -0.3 is 5.32 Å². The van der Waals surface area contributed by atoms with Gasteiger partial charge in [0, 0.05) is 35.6 Å². The molecule has 1 saturated carbocycles. The third-order valence-corrected chi connectivity index (χ3v) is 5.11. The number of rotatable bonds is 3. The summed E-state index contributed by atoms with van der Waals surface area (Å²) in [6, 6.07) is 4.12. The summed E-state index contributed by atoms with van der Waals surface area (Å²) in [4.78, 5) is 22.3. The Hall–Kier alpha value is -2.21. The van der Waals surface area contributed by atoms with Gasteiger partial charge in [-0.1, -0.05) is 19.3 Å². The number of fused-ring (bicyclic) bond motifs is 1. The van der Waals surface area contributed by atoms with Crippen molar-refractivity contribution in [1.82, 2.24) is 19.7 Å².